The molecule has 154 valence electrons. The number of anilines is 1. The van der Waals surface area contributed by atoms with E-state index in [4.69, 9.17) is 4.99 Å². The van der Waals surface area contributed by atoms with Crippen LogP contribution in [0.2, 0.25) is 0 Å². The lowest BCUT2D eigenvalue weighted by molar-refractivity contribution is 0.551. The topological polar surface area (TPSA) is 24.4 Å². The first kappa shape index (κ1) is 20.4. The number of aryl methyl sites for hydroxylation is 4. The number of aliphatic imine (C=N–C) groups is 1. The van der Waals surface area contributed by atoms with Crippen LogP contribution in [0.25, 0.3) is 0 Å². The summed E-state index contributed by atoms with van der Waals surface area (Å²) in [6.45, 7) is 10.9. The standard InChI is InChI=1S/C28H32N2/c1-6-7-16-28(24-14-10-20(3)11-15-24)27(23-12-8-19(2)9-13-23)29-25-17-21(4)22(5)18-26(25)30-28/h8-15,17-18,30H,6-7,16H2,1-5H3. The number of fused-ring (bicyclic) bond motifs is 1. The van der Waals surface area contributed by atoms with Gasteiger partial charge >= 0.3 is 0 Å². The van der Waals surface area contributed by atoms with Gasteiger partial charge in [0, 0.05) is 0 Å². The Bertz CT molecular complexity index is 1070. The van der Waals surface area contributed by atoms with Crippen LogP contribution in [0.3, 0.4) is 0 Å². The molecule has 2 heteroatoms. The van der Waals surface area contributed by atoms with Crippen molar-refractivity contribution in [3.63, 3.8) is 0 Å². The summed E-state index contributed by atoms with van der Waals surface area (Å²) in [5, 5.41) is 3.98. The average molecular weight is 397 g/mol. The van der Waals surface area contributed by atoms with E-state index in [1.807, 2.05) is 0 Å². The molecule has 2 nitrogen and oxygen atoms in total. The van der Waals surface area contributed by atoms with Crippen molar-refractivity contribution in [2.45, 2.75) is 59.4 Å². The number of hydrogen-bond acceptors (Lipinski definition) is 2. The molecule has 3 aromatic carbocycles. The predicted octanol–water partition coefficient (Wildman–Crippen LogP) is 7.55. The smallest absolute Gasteiger partial charge is 0.106 e. The minimum atomic E-state index is -0.340. The Hall–Kier alpha value is -2.87. The van der Waals surface area contributed by atoms with Gasteiger partial charge in [-0.1, -0.05) is 79.4 Å². The van der Waals surface area contributed by atoms with E-state index in [1.54, 1.807) is 0 Å². The molecule has 1 unspecified atom stereocenters. The van der Waals surface area contributed by atoms with Crippen molar-refractivity contribution in [2.24, 2.45) is 4.99 Å². The van der Waals surface area contributed by atoms with Crippen molar-refractivity contribution in [1.82, 2.24) is 0 Å². The van der Waals surface area contributed by atoms with Gasteiger partial charge in [-0.15, -0.1) is 0 Å². The van der Waals surface area contributed by atoms with Gasteiger partial charge in [-0.05, 0) is 68.5 Å². The third-order valence-electron chi connectivity index (χ3n) is 6.37. The van der Waals surface area contributed by atoms with Crippen LogP contribution < -0.4 is 5.32 Å². The zero-order valence-corrected chi connectivity index (χ0v) is 18.8. The van der Waals surface area contributed by atoms with Crippen molar-refractivity contribution in [3.05, 3.63) is 94.0 Å². The van der Waals surface area contributed by atoms with Gasteiger partial charge in [-0.25, -0.2) is 4.99 Å². The molecule has 1 N–H and O–H groups in total. The summed E-state index contributed by atoms with van der Waals surface area (Å²) >= 11 is 0. The molecule has 1 atom stereocenters. The van der Waals surface area contributed by atoms with Gasteiger partial charge < -0.3 is 5.32 Å². The summed E-state index contributed by atoms with van der Waals surface area (Å²) in [6.07, 6.45) is 3.29. The lowest BCUT2D eigenvalue weighted by Crippen LogP contribution is -2.45. The minimum absolute atomic E-state index is 0.340. The van der Waals surface area contributed by atoms with E-state index < -0.39 is 0 Å². The van der Waals surface area contributed by atoms with Crippen LogP contribution in [-0.4, -0.2) is 5.71 Å². The Morgan fingerprint density at radius 1 is 0.800 bits per heavy atom. The number of hydrogen-bond donors (Lipinski definition) is 1. The Labute approximate surface area is 181 Å². The molecule has 1 heterocycles. The highest BCUT2D eigenvalue weighted by Gasteiger charge is 2.41. The monoisotopic (exact) mass is 396 g/mol. The molecule has 0 aliphatic carbocycles. The van der Waals surface area contributed by atoms with Gasteiger partial charge in [0.1, 0.15) is 5.54 Å². The van der Waals surface area contributed by atoms with Crippen molar-refractivity contribution in [3.8, 4) is 0 Å². The molecule has 0 saturated carbocycles. The molecule has 4 rings (SSSR count). The van der Waals surface area contributed by atoms with Crippen LogP contribution in [0.4, 0.5) is 11.4 Å². The van der Waals surface area contributed by atoms with E-state index in [2.05, 4.69) is 101 Å². The number of benzene rings is 3. The molecule has 0 radical (unpaired) electrons. The maximum absolute atomic E-state index is 5.31. The Kier molecular flexibility index (Phi) is 5.51. The summed E-state index contributed by atoms with van der Waals surface area (Å²) in [4.78, 5) is 5.31. The predicted molar refractivity (Wildman–Crippen MR) is 129 cm³/mol. The van der Waals surface area contributed by atoms with Gasteiger partial charge in [-0.2, -0.15) is 0 Å². The van der Waals surface area contributed by atoms with Crippen LogP contribution in [0, 0.1) is 27.7 Å². The summed E-state index contributed by atoms with van der Waals surface area (Å²) in [5.41, 5.74) is 10.5. The van der Waals surface area contributed by atoms with E-state index in [-0.39, 0.29) is 5.54 Å². The highest BCUT2D eigenvalue weighted by Crippen LogP contribution is 2.44. The zero-order valence-electron chi connectivity index (χ0n) is 18.8. The zero-order chi connectivity index (χ0) is 21.3. The summed E-state index contributed by atoms with van der Waals surface area (Å²) in [5.74, 6) is 0. The van der Waals surface area contributed by atoms with E-state index in [1.165, 1.54) is 33.4 Å². The van der Waals surface area contributed by atoms with E-state index in [0.29, 0.717) is 0 Å². The number of nitrogens with zero attached hydrogens (tertiary/aromatic N) is 1. The molecule has 0 saturated heterocycles. The maximum atomic E-state index is 5.31. The molecule has 0 spiro atoms. The summed E-state index contributed by atoms with van der Waals surface area (Å²) in [6, 6.07) is 22.3. The Balaban J connectivity index is 1.98. The first-order valence-electron chi connectivity index (χ1n) is 11.1. The minimum Gasteiger partial charge on any atom is -0.369 e. The second-order valence-corrected chi connectivity index (χ2v) is 8.78. The van der Waals surface area contributed by atoms with Crippen LogP contribution >= 0.6 is 0 Å². The van der Waals surface area contributed by atoms with Crippen LogP contribution in [0.5, 0.6) is 0 Å². The Morgan fingerprint density at radius 3 is 2.03 bits per heavy atom. The van der Waals surface area contributed by atoms with Gasteiger partial charge in [-0.3, -0.25) is 0 Å². The third-order valence-corrected chi connectivity index (χ3v) is 6.37. The molecular weight excluding hydrogens is 364 g/mol. The van der Waals surface area contributed by atoms with Crippen molar-refractivity contribution < 1.29 is 0 Å². The van der Waals surface area contributed by atoms with Gasteiger partial charge in [0.2, 0.25) is 0 Å². The highest BCUT2D eigenvalue weighted by molar-refractivity contribution is 6.13. The van der Waals surface area contributed by atoms with Gasteiger partial charge in [0.05, 0.1) is 17.1 Å². The first-order chi connectivity index (χ1) is 14.4. The normalized spacial score (nSPS) is 17.8. The van der Waals surface area contributed by atoms with Crippen molar-refractivity contribution in [2.75, 3.05) is 5.32 Å². The van der Waals surface area contributed by atoms with Gasteiger partial charge in [0.15, 0.2) is 0 Å². The largest absolute Gasteiger partial charge is 0.369 e. The lowest BCUT2D eigenvalue weighted by atomic mass is 9.76. The quantitative estimate of drug-likeness (QED) is 0.473. The van der Waals surface area contributed by atoms with E-state index >= 15 is 0 Å². The first-order valence-corrected chi connectivity index (χ1v) is 11.1. The SMILES string of the molecule is CCCCC1(c2ccc(C)cc2)Nc2cc(C)c(C)cc2N=C1c1ccc(C)cc1. The fourth-order valence-corrected chi connectivity index (χ4v) is 4.34. The summed E-state index contributed by atoms with van der Waals surface area (Å²) < 4.78 is 0. The van der Waals surface area contributed by atoms with Crippen molar-refractivity contribution in [1.29, 1.82) is 0 Å². The molecule has 0 fully saturated rings. The molecule has 1 aliphatic heterocycles. The molecular formula is C28H32N2. The van der Waals surface area contributed by atoms with Crippen LogP contribution in [0.1, 0.15) is 59.6 Å². The second kappa shape index (κ2) is 8.10. The second-order valence-electron chi connectivity index (χ2n) is 8.78. The highest BCUT2D eigenvalue weighted by atomic mass is 15.1. The van der Waals surface area contributed by atoms with Crippen molar-refractivity contribution >= 4 is 17.1 Å². The van der Waals surface area contributed by atoms with Gasteiger partial charge in [0.25, 0.3) is 0 Å². The number of unbranched alkanes of at least 4 members (excludes halogenated alkanes) is 1. The number of nitrogens with one attached hydrogen (secondary N) is 1. The van der Waals surface area contributed by atoms with Crippen LogP contribution in [-0.2, 0) is 5.54 Å². The fraction of sp³-hybridized carbons (Fsp3) is 0.321. The Morgan fingerprint density at radius 2 is 1.40 bits per heavy atom. The molecule has 1 aliphatic rings. The van der Waals surface area contributed by atoms with Crippen LogP contribution in [0.15, 0.2) is 65.7 Å². The lowest BCUT2D eigenvalue weighted by Gasteiger charge is -2.41. The molecule has 3 aromatic rings. The summed E-state index contributed by atoms with van der Waals surface area (Å²) in [7, 11) is 0. The van der Waals surface area contributed by atoms with E-state index in [9.17, 15) is 0 Å². The molecule has 0 bridgehead atoms. The fourth-order valence-electron chi connectivity index (χ4n) is 4.34. The van der Waals surface area contributed by atoms with E-state index in [0.717, 1.165) is 36.3 Å². The molecule has 30 heavy (non-hydrogen) atoms. The molecule has 0 aromatic heterocycles. The number of rotatable bonds is 5. The maximum Gasteiger partial charge on any atom is 0.106 e. The average Bonchev–Trinajstić information content (AvgIpc) is 2.74. The molecule has 0 amide bonds. The third kappa shape index (κ3) is 3.67.